The van der Waals surface area contributed by atoms with Gasteiger partial charge in [-0.2, -0.15) is 0 Å². The quantitative estimate of drug-likeness (QED) is 0.0788. The highest BCUT2D eigenvalue weighted by molar-refractivity contribution is 9.13. The first-order valence-electron chi connectivity index (χ1n) is 17.2. The molecule has 0 nitrogen and oxygen atoms in total. The Morgan fingerprint density at radius 1 is 0.342 bits per heavy atom. The van der Waals surface area contributed by atoms with E-state index in [1.807, 2.05) is 0 Å². The van der Waals surface area contributed by atoms with Crippen molar-refractivity contribution in [1.29, 1.82) is 0 Å². The van der Waals surface area contributed by atoms with Gasteiger partial charge >= 0.3 is 0 Å². The van der Waals surface area contributed by atoms with E-state index in [0.717, 1.165) is 0 Å². The van der Waals surface area contributed by atoms with Gasteiger partial charge in [0.25, 0.3) is 0 Å². The second kappa shape index (κ2) is 27.4. The van der Waals surface area contributed by atoms with Crippen LogP contribution in [-0.2, 0) is 12.8 Å². The number of rotatable bonds is 28. The van der Waals surface area contributed by atoms with Crippen LogP contribution < -0.4 is 0 Å². The van der Waals surface area contributed by atoms with E-state index in [4.69, 9.17) is 0 Å². The Balaban J connectivity index is 2.08. The molecular formula is C36H64Br2. The number of halogens is 2. The average molecular weight is 657 g/mol. The molecule has 38 heavy (non-hydrogen) atoms. The number of aryl methyl sites for hydroxylation is 2. The Bertz CT molecular complexity index is 583. The fraction of sp³-hybridized carbons (Fsp3) is 0.833. The highest BCUT2D eigenvalue weighted by atomic mass is 79.9. The van der Waals surface area contributed by atoms with Crippen LogP contribution in [0.25, 0.3) is 0 Å². The van der Waals surface area contributed by atoms with Gasteiger partial charge in [-0.15, -0.1) is 0 Å². The molecule has 222 valence electrons. The zero-order chi connectivity index (χ0) is 27.5. The van der Waals surface area contributed by atoms with Crippen molar-refractivity contribution < 1.29 is 0 Å². The van der Waals surface area contributed by atoms with Crippen LogP contribution in [0.4, 0.5) is 0 Å². The van der Waals surface area contributed by atoms with E-state index in [0.29, 0.717) is 0 Å². The lowest BCUT2D eigenvalue weighted by molar-refractivity contribution is 0.537. The summed E-state index contributed by atoms with van der Waals surface area (Å²) in [5, 5.41) is 0. The molecule has 0 N–H and O–H groups in total. The monoisotopic (exact) mass is 654 g/mol. The first kappa shape index (κ1) is 36.2. The predicted molar refractivity (Wildman–Crippen MR) is 181 cm³/mol. The van der Waals surface area contributed by atoms with Gasteiger partial charge in [0, 0.05) is 8.95 Å². The standard InChI is InChI=1S/C36H64Br2/c1-3-5-7-9-11-13-15-17-19-21-23-25-27-29-33-31-35(37)36(38)32-34(33)30-28-26-24-22-20-18-16-14-12-10-8-6-4-2/h31-32H,3-30H2,1-2H3. The van der Waals surface area contributed by atoms with Gasteiger partial charge in [0.2, 0.25) is 0 Å². The third kappa shape index (κ3) is 21.0. The van der Waals surface area contributed by atoms with Crippen LogP contribution >= 0.6 is 31.9 Å². The average Bonchev–Trinajstić information content (AvgIpc) is 2.91. The largest absolute Gasteiger partial charge is 0.0654 e. The fourth-order valence-electron chi connectivity index (χ4n) is 5.76. The lowest BCUT2D eigenvalue weighted by Crippen LogP contribution is -1.97. The molecule has 0 radical (unpaired) electrons. The second-order valence-electron chi connectivity index (χ2n) is 12.0. The van der Waals surface area contributed by atoms with Crippen molar-refractivity contribution in [2.24, 2.45) is 0 Å². The number of hydrogen-bond acceptors (Lipinski definition) is 0. The van der Waals surface area contributed by atoms with Gasteiger partial charge in [0.1, 0.15) is 0 Å². The maximum atomic E-state index is 3.76. The van der Waals surface area contributed by atoms with Crippen molar-refractivity contribution in [3.05, 3.63) is 32.2 Å². The number of unbranched alkanes of at least 4 members (excludes halogenated alkanes) is 24. The summed E-state index contributed by atoms with van der Waals surface area (Å²) >= 11 is 7.52. The summed E-state index contributed by atoms with van der Waals surface area (Å²) in [5.74, 6) is 0. The van der Waals surface area contributed by atoms with Gasteiger partial charge in [-0.3, -0.25) is 0 Å². The molecule has 1 aromatic rings. The molecule has 1 rings (SSSR count). The van der Waals surface area contributed by atoms with Crippen molar-refractivity contribution in [2.75, 3.05) is 0 Å². The van der Waals surface area contributed by atoms with Gasteiger partial charge < -0.3 is 0 Å². The molecule has 0 fully saturated rings. The summed E-state index contributed by atoms with van der Waals surface area (Å²) in [6.07, 6.45) is 39.7. The van der Waals surface area contributed by atoms with Crippen molar-refractivity contribution >= 4 is 31.9 Å². The molecule has 0 saturated carbocycles. The van der Waals surface area contributed by atoms with Crippen molar-refractivity contribution in [3.63, 3.8) is 0 Å². The molecule has 0 amide bonds. The highest BCUT2D eigenvalue weighted by Crippen LogP contribution is 2.29. The van der Waals surface area contributed by atoms with Crippen molar-refractivity contribution in [1.82, 2.24) is 0 Å². The van der Waals surface area contributed by atoms with Crippen LogP contribution in [0, 0.1) is 0 Å². The summed E-state index contributed by atoms with van der Waals surface area (Å²) in [5.41, 5.74) is 3.17. The lowest BCUT2D eigenvalue weighted by atomic mass is 9.96. The fourth-order valence-corrected chi connectivity index (χ4v) is 6.54. The third-order valence-electron chi connectivity index (χ3n) is 8.34. The molecular weight excluding hydrogens is 592 g/mol. The van der Waals surface area contributed by atoms with E-state index in [-0.39, 0.29) is 0 Å². The smallest absolute Gasteiger partial charge is 0.0320 e. The maximum Gasteiger partial charge on any atom is 0.0320 e. The van der Waals surface area contributed by atoms with E-state index >= 15 is 0 Å². The molecule has 0 aromatic heterocycles. The van der Waals surface area contributed by atoms with Gasteiger partial charge in [-0.05, 0) is 80.8 Å². The zero-order valence-corrected chi connectivity index (χ0v) is 28.9. The molecule has 0 heterocycles. The third-order valence-corrected chi connectivity index (χ3v) is 10.2. The van der Waals surface area contributed by atoms with Crippen LogP contribution in [0.1, 0.15) is 192 Å². The summed E-state index contributed by atoms with van der Waals surface area (Å²) in [4.78, 5) is 0. The molecule has 0 atom stereocenters. The Hall–Kier alpha value is 0.180. The van der Waals surface area contributed by atoms with Gasteiger partial charge in [0.05, 0.1) is 0 Å². The Kier molecular flexibility index (Phi) is 26.1. The van der Waals surface area contributed by atoms with E-state index in [1.165, 1.54) is 189 Å². The van der Waals surface area contributed by atoms with Gasteiger partial charge in [-0.25, -0.2) is 0 Å². The maximum absolute atomic E-state index is 3.76. The summed E-state index contributed by atoms with van der Waals surface area (Å²) in [6.45, 7) is 4.61. The SMILES string of the molecule is CCCCCCCCCCCCCCCc1cc(Br)c(Br)cc1CCCCCCCCCCCCCCC. The van der Waals surface area contributed by atoms with Crippen LogP contribution in [0.3, 0.4) is 0 Å². The molecule has 0 aliphatic heterocycles. The van der Waals surface area contributed by atoms with E-state index < -0.39 is 0 Å². The number of benzene rings is 1. The summed E-state index contributed by atoms with van der Waals surface area (Å²) in [6, 6.07) is 4.78. The Morgan fingerprint density at radius 3 is 0.789 bits per heavy atom. The second-order valence-corrected chi connectivity index (χ2v) is 13.7. The molecule has 1 aromatic carbocycles. The molecule has 0 bridgehead atoms. The first-order chi connectivity index (χ1) is 18.7. The zero-order valence-electron chi connectivity index (χ0n) is 25.7. The highest BCUT2D eigenvalue weighted by Gasteiger charge is 2.08. The first-order valence-corrected chi connectivity index (χ1v) is 18.7. The molecule has 0 unspecified atom stereocenters. The van der Waals surface area contributed by atoms with Gasteiger partial charge in [-0.1, -0.05) is 168 Å². The summed E-state index contributed by atoms with van der Waals surface area (Å²) in [7, 11) is 0. The lowest BCUT2D eigenvalue weighted by Gasteiger charge is -2.12. The van der Waals surface area contributed by atoms with Crippen molar-refractivity contribution in [2.45, 2.75) is 194 Å². The number of hydrogen-bond donors (Lipinski definition) is 0. The Morgan fingerprint density at radius 2 is 0.553 bits per heavy atom. The van der Waals surface area contributed by atoms with E-state index in [1.54, 1.807) is 11.1 Å². The topological polar surface area (TPSA) is 0 Å². The van der Waals surface area contributed by atoms with Crippen LogP contribution in [0.15, 0.2) is 21.1 Å². The molecule has 0 aliphatic rings. The van der Waals surface area contributed by atoms with Crippen LogP contribution in [-0.4, -0.2) is 0 Å². The predicted octanol–water partition coefficient (Wildman–Crippen LogP) is 14.5. The van der Waals surface area contributed by atoms with E-state index in [9.17, 15) is 0 Å². The van der Waals surface area contributed by atoms with E-state index in [2.05, 4.69) is 57.8 Å². The molecule has 0 saturated heterocycles. The molecule has 2 heteroatoms. The molecule has 0 aliphatic carbocycles. The molecule has 0 spiro atoms. The van der Waals surface area contributed by atoms with Crippen LogP contribution in [0.5, 0.6) is 0 Å². The minimum atomic E-state index is 1.22. The Labute approximate surface area is 256 Å². The minimum absolute atomic E-state index is 1.22. The van der Waals surface area contributed by atoms with Crippen molar-refractivity contribution in [3.8, 4) is 0 Å². The minimum Gasteiger partial charge on any atom is -0.0654 e. The van der Waals surface area contributed by atoms with Crippen LogP contribution in [0.2, 0.25) is 0 Å². The summed E-state index contributed by atoms with van der Waals surface area (Å²) < 4.78 is 2.44. The van der Waals surface area contributed by atoms with Gasteiger partial charge in [0.15, 0.2) is 0 Å². The normalized spacial score (nSPS) is 11.5.